The van der Waals surface area contributed by atoms with Crippen molar-refractivity contribution in [3.63, 3.8) is 0 Å². The first-order valence-corrected chi connectivity index (χ1v) is 13.0. The Balaban J connectivity index is 1.88. The Labute approximate surface area is 208 Å². The zero-order chi connectivity index (χ0) is 24.7. The van der Waals surface area contributed by atoms with Crippen LogP contribution in [0, 0.1) is 20.8 Å². The molecule has 0 spiro atoms. The number of Topliss-reactive ketones (excluding diaryl/α,β-unsaturated/α-hetero) is 1. The molecule has 0 fully saturated rings. The summed E-state index contributed by atoms with van der Waals surface area (Å²) in [7, 11) is 1.27. The molecule has 0 saturated carbocycles. The van der Waals surface area contributed by atoms with Gasteiger partial charge >= 0.3 is 5.97 Å². The molecule has 1 aliphatic rings. The number of anilines is 1. The Morgan fingerprint density at radius 3 is 2.26 bits per heavy atom. The topological polar surface area (TPSA) is 110 Å². The second kappa shape index (κ2) is 9.32. The van der Waals surface area contributed by atoms with E-state index < -0.39 is 29.5 Å². The van der Waals surface area contributed by atoms with E-state index in [9.17, 15) is 19.5 Å². The number of aromatic nitrogens is 2. The molecule has 0 radical (unpaired) electrons. The van der Waals surface area contributed by atoms with Gasteiger partial charge in [-0.2, -0.15) is 0 Å². The monoisotopic (exact) mass is 515 g/mol. The maximum atomic E-state index is 13.6. The van der Waals surface area contributed by atoms with Gasteiger partial charge in [0.2, 0.25) is 5.78 Å². The molecule has 3 heterocycles. The van der Waals surface area contributed by atoms with Gasteiger partial charge < -0.3 is 9.84 Å². The first kappa shape index (κ1) is 24.1. The van der Waals surface area contributed by atoms with E-state index in [1.54, 1.807) is 32.5 Å². The van der Waals surface area contributed by atoms with Gasteiger partial charge in [0.25, 0.3) is 5.91 Å². The fourth-order valence-electron chi connectivity index (χ4n) is 3.77. The lowest BCUT2D eigenvalue weighted by molar-refractivity contribution is -0.117. The fourth-order valence-corrected chi connectivity index (χ4v) is 6.06. The molecule has 3 aromatic rings. The van der Waals surface area contributed by atoms with Crippen LogP contribution >= 0.6 is 34.4 Å². The van der Waals surface area contributed by atoms with Gasteiger partial charge in [0, 0.05) is 4.90 Å². The molecule has 1 N–H and O–H groups in total. The van der Waals surface area contributed by atoms with Crippen molar-refractivity contribution < 1.29 is 24.2 Å². The number of aryl methyl sites for hydroxylation is 3. The van der Waals surface area contributed by atoms with Gasteiger partial charge in [-0.3, -0.25) is 14.5 Å². The number of aliphatic hydroxyl groups excluding tert-OH is 1. The minimum atomic E-state index is -0.922. The second-order valence-electron chi connectivity index (χ2n) is 7.49. The van der Waals surface area contributed by atoms with Crippen LogP contribution in [0.4, 0.5) is 5.13 Å². The molecule has 2 aromatic heterocycles. The highest BCUT2D eigenvalue weighted by Crippen LogP contribution is 2.44. The van der Waals surface area contributed by atoms with Crippen molar-refractivity contribution >= 4 is 57.2 Å². The molecule has 0 saturated heterocycles. The van der Waals surface area contributed by atoms with E-state index in [2.05, 4.69) is 9.97 Å². The Hall–Kier alpha value is -3.02. The molecule has 1 atom stereocenters. The lowest BCUT2D eigenvalue weighted by Crippen LogP contribution is -2.31. The van der Waals surface area contributed by atoms with E-state index >= 15 is 0 Å². The number of amides is 1. The Kier molecular flexibility index (Phi) is 6.61. The third-order valence-corrected chi connectivity index (χ3v) is 8.31. The van der Waals surface area contributed by atoms with Crippen molar-refractivity contribution in [3.05, 3.63) is 67.3 Å². The van der Waals surface area contributed by atoms with Crippen LogP contribution in [-0.4, -0.2) is 46.1 Å². The van der Waals surface area contributed by atoms with Crippen molar-refractivity contribution in [1.82, 2.24) is 9.97 Å². The number of carbonyl (C=O) groups excluding carboxylic acids is 3. The number of carbonyl (C=O) groups is 3. The number of ether oxygens (including phenoxy) is 1. The summed E-state index contributed by atoms with van der Waals surface area (Å²) in [5, 5.41) is 11.8. The van der Waals surface area contributed by atoms with Crippen LogP contribution in [0.1, 0.15) is 47.3 Å². The molecule has 8 nitrogen and oxygen atoms in total. The number of hydrogen-bond donors (Lipinski definition) is 1. The van der Waals surface area contributed by atoms with Crippen LogP contribution in [0.5, 0.6) is 0 Å². The first-order valence-electron chi connectivity index (χ1n) is 10.1. The van der Waals surface area contributed by atoms with Gasteiger partial charge in [-0.25, -0.2) is 14.8 Å². The SMILES string of the molecule is COC(=O)c1sc(N2C(=O)C(O)=C(C(=O)c3sc(C)nc3C)C2c2ccc(SC)cc2)nc1C. The van der Waals surface area contributed by atoms with Gasteiger partial charge in [0.15, 0.2) is 10.9 Å². The molecule has 11 heteroatoms. The minimum absolute atomic E-state index is 0.0406. The standard InChI is InChI=1S/C23H21N3O5S3/c1-10-19(33-12(3)24-10)17(27)15-16(13-6-8-14(32-5)9-7-13)26(21(29)18(15)28)23-25-11(2)20(34-23)22(30)31-4/h6-9,16,28H,1-5H3. The number of benzene rings is 1. The third-order valence-electron chi connectivity index (χ3n) is 5.36. The van der Waals surface area contributed by atoms with Crippen LogP contribution in [0.3, 0.4) is 0 Å². The molecule has 34 heavy (non-hydrogen) atoms. The van der Waals surface area contributed by atoms with Crippen molar-refractivity contribution in [2.75, 3.05) is 18.3 Å². The third kappa shape index (κ3) is 4.04. The zero-order valence-corrected chi connectivity index (χ0v) is 21.5. The quantitative estimate of drug-likeness (QED) is 0.283. The summed E-state index contributed by atoms with van der Waals surface area (Å²) in [6.07, 6.45) is 1.95. The highest BCUT2D eigenvalue weighted by molar-refractivity contribution is 7.98. The van der Waals surface area contributed by atoms with Crippen LogP contribution in [0.15, 0.2) is 40.5 Å². The summed E-state index contributed by atoms with van der Waals surface area (Å²) >= 11 is 3.75. The lowest BCUT2D eigenvalue weighted by atomic mass is 9.95. The summed E-state index contributed by atoms with van der Waals surface area (Å²) in [4.78, 5) is 50.7. The van der Waals surface area contributed by atoms with E-state index in [0.717, 1.165) is 16.2 Å². The number of nitrogens with zero attached hydrogens (tertiary/aromatic N) is 3. The molecular formula is C23H21N3O5S3. The first-order chi connectivity index (χ1) is 16.2. The molecule has 1 aromatic carbocycles. The van der Waals surface area contributed by atoms with E-state index in [-0.39, 0.29) is 15.6 Å². The molecule has 1 unspecified atom stereocenters. The number of rotatable bonds is 6. The van der Waals surface area contributed by atoms with E-state index in [1.807, 2.05) is 30.5 Å². The Morgan fingerprint density at radius 1 is 1.06 bits per heavy atom. The molecule has 4 rings (SSSR count). The van der Waals surface area contributed by atoms with E-state index in [0.29, 0.717) is 26.8 Å². The summed E-state index contributed by atoms with van der Waals surface area (Å²) in [5.74, 6) is -2.43. The van der Waals surface area contributed by atoms with Gasteiger partial charge in [0.1, 0.15) is 4.88 Å². The normalized spacial score (nSPS) is 15.9. The van der Waals surface area contributed by atoms with Gasteiger partial charge in [-0.15, -0.1) is 23.1 Å². The van der Waals surface area contributed by atoms with Gasteiger partial charge in [-0.1, -0.05) is 23.5 Å². The number of hydrogen-bond acceptors (Lipinski definition) is 10. The fraction of sp³-hybridized carbons (Fsp3) is 0.261. The van der Waals surface area contributed by atoms with Crippen molar-refractivity contribution in [2.24, 2.45) is 0 Å². The predicted molar refractivity (Wildman–Crippen MR) is 132 cm³/mol. The molecular weight excluding hydrogens is 494 g/mol. The van der Waals surface area contributed by atoms with Crippen LogP contribution in [0.2, 0.25) is 0 Å². The summed E-state index contributed by atoms with van der Waals surface area (Å²) < 4.78 is 4.82. The summed E-state index contributed by atoms with van der Waals surface area (Å²) in [5.41, 5.74) is 1.52. The molecule has 0 bridgehead atoms. The number of methoxy groups -OCH3 is 1. The average Bonchev–Trinajstić information content (AvgIpc) is 3.45. The molecule has 1 aliphatic heterocycles. The Bertz CT molecular complexity index is 1340. The largest absolute Gasteiger partial charge is 0.503 e. The van der Waals surface area contributed by atoms with Crippen molar-refractivity contribution in [3.8, 4) is 0 Å². The Morgan fingerprint density at radius 2 is 1.71 bits per heavy atom. The summed E-state index contributed by atoms with van der Waals surface area (Å²) in [6.45, 7) is 5.15. The molecule has 0 aliphatic carbocycles. The number of aliphatic hydroxyl groups is 1. The van der Waals surface area contributed by atoms with E-state index in [4.69, 9.17) is 4.74 Å². The minimum Gasteiger partial charge on any atom is -0.503 e. The average molecular weight is 516 g/mol. The van der Waals surface area contributed by atoms with Gasteiger partial charge in [-0.05, 0) is 44.7 Å². The van der Waals surface area contributed by atoms with Crippen molar-refractivity contribution in [2.45, 2.75) is 31.7 Å². The molecule has 176 valence electrons. The maximum absolute atomic E-state index is 13.6. The predicted octanol–water partition coefficient (Wildman–Crippen LogP) is 4.82. The van der Waals surface area contributed by atoms with Gasteiger partial charge in [0.05, 0.1) is 40.0 Å². The second-order valence-corrected chi connectivity index (χ2v) is 10.6. The van der Waals surface area contributed by atoms with Crippen LogP contribution in [-0.2, 0) is 9.53 Å². The number of ketones is 1. The van der Waals surface area contributed by atoms with E-state index in [1.165, 1.54) is 23.3 Å². The number of thioether (sulfide) groups is 1. The summed E-state index contributed by atoms with van der Waals surface area (Å²) in [6, 6.07) is 6.48. The van der Waals surface area contributed by atoms with Crippen LogP contribution in [0.25, 0.3) is 0 Å². The smallest absolute Gasteiger partial charge is 0.350 e. The highest BCUT2D eigenvalue weighted by atomic mass is 32.2. The van der Waals surface area contributed by atoms with Crippen molar-refractivity contribution in [1.29, 1.82) is 0 Å². The molecule has 1 amide bonds. The maximum Gasteiger partial charge on any atom is 0.350 e. The lowest BCUT2D eigenvalue weighted by Gasteiger charge is -2.24. The highest BCUT2D eigenvalue weighted by Gasteiger charge is 2.46. The zero-order valence-electron chi connectivity index (χ0n) is 19.0. The van der Waals surface area contributed by atoms with Crippen LogP contribution < -0.4 is 4.90 Å². The number of esters is 1. The number of thiazole rings is 2.